The van der Waals surface area contributed by atoms with Gasteiger partial charge in [-0.3, -0.25) is 9.59 Å². The second-order valence-corrected chi connectivity index (χ2v) is 14.3. The molecule has 0 aromatic heterocycles. The van der Waals surface area contributed by atoms with Gasteiger partial charge < -0.3 is 18.9 Å². The van der Waals surface area contributed by atoms with E-state index in [0.29, 0.717) is 50.1 Å². The first-order valence-electron chi connectivity index (χ1n) is 17.5. The molecule has 0 heterocycles. The van der Waals surface area contributed by atoms with Gasteiger partial charge in [-0.05, 0) is 88.0 Å². The van der Waals surface area contributed by atoms with E-state index in [9.17, 15) is 9.59 Å². The Labute approximate surface area is 269 Å². The number of ketones is 2. The molecule has 1 aromatic carbocycles. The van der Waals surface area contributed by atoms with Crippen molar-refractivity contribution in [3.63, 3.8) is 0 Å². The van der Waals surface area contributed by atoms with E-state index in [2.05, 4.69) is 31.2 Å². The molecular weight excluding hydrogens is 564 g/mol. The number of allylic oxidation sites excluding steroid dienone is 3. The zero-order valence-corrected chi connectivity index (χ0v) is 27.7. The summed E-state index contributed by atoms with van der Waals surface area (Å²) < 4.78 is 25.0. The Morgan fingerprint density at radius 3 is 1.91 bits per heavy atom. The van der Waals surface area contributed by atoms with Crippen LogP contribution >= 0.6 is 0 Å². The highest BCUT2D eigenvalue weighted by Gasteiger charge is 2.53. The van der Waals surface area contributed by atoms with Crippen LogP contribution in [0.2, 0.25) is 0 Å². The number of benzene rings is 1. The zero-order valence-electron chi connectivity index (χ0n) is 27.7. The summed E-state index contributed by atoms with van der Waals surface area (Å²) in [5.41, 5.74) is 2.74. The van der Waals surface area contributed by atoms with Crippen LogP contribution in [0.3, 0.4) is 0 Å². The third-order valence-corrected chi connectivity index (χ3v) is 11.9. The SMILES string of the molecule is C=C(C1(C2=CC=C(OC)C(OC3CCCC3)C2C)CCC(=O)CC1)C1(c2ccc(OC)c(OC3CCCC3)c2)CCC(=O)CC1. The topological polar surface area (TPSA) is 71.1 Å². The summed E-state index contributed by atoms with van der Waals surface area (Å²) in [5, 5.41) is 0. The molecule has 0 amide bonds. The van der Waals surface area contributed by atoms with Crippen molar-refractivity contribution < 1.29 is 28.5 Å². The minimum atomic E-state index is -0.429. The first-order chi connectivity index (χ1) is 21.8. The molecule has 6 nitrogen and oxygen atoms in total. The fourth-order valence-corrected chi connectivity index (χ4v) is 9.18. The Balaban J connectivity index is 1.42. The van der Waals surface area contributed by atoms with E-state index in [1.54, 1.807) is 14.2 Å². The van der Waals surface area contributed by atoms with Gasteiger partial charge >= 0.3 is 0 Å². The van der Waals surface area contributed by atoms with Crippen molar-refractivity contribution in [1.82, 2.24) is 0 Å². The van der Waals surface area contributed by atoms with Crippen LogP contribution in [0.4, 0.5) is 0 Å². The van der Waals surface area contributed by atoms with Gasteiger partial charge in [-0.1, -0.05) is 49.6 Å². The smallest absolute Gasteiger partial charge is 0.161 e. The van der Waals surface area contributed by atoms with Gasteiger partial charge in [0, 0.05) is 42.4 Å². The van der Waals surface area contributed by atoms with Gasteiger partial charge in [0.25, 0.3) is 0 Å². The van der Waals surface area contributed by atoms with E-state index < -0.39 is 10.8 Å². The molecule has 0 N–H and O–H groups in total. The molecule has 6 heteroatoms. The van der Waals surface area contributed by atoms with Gasteiger partial charge in [0.05, 0.1) is 26.4 Å². The summed E-state index contributed by atoms with van der Waals surface area (Å²) in [5.74, 6) is 3.08. The normalized spacial score (nSPS) is 27.2. The van der Waals surface area contributed by atoms with Crippen LogP contribution in [0.15, 0.2) is 53.8 Å². The van der Waals surface area contributed by atoms with Gasteiger partial charge in [0.2, 0.25) is 0 Å². The molecule has 6 rings (SSSR count). The lowest BCUT2D eigenvalue weighted by Crippen LogP contribution is -2.46. The zero-order chi connectivity index (χ0) is 31.6. The van der Waals surface area contributed by atoms with Crippen molar-refractivity contribution in [3.05, 3.63) is 59.4 Å². The summed E-state index contributed by atoms with van der Waals surface area (Å²) in [6.07, 6.45) is 18.7. The second-order valence-electron chi connectivity index (χ2n) is 14.3. The number of ether oxygens (including phenoxy) is 4. The summed E-state index contributed by atoms with van der Waals surface area (Å²) in [6, 6.07) is 6.37. The van der Waals surface area contributed by atoms with Gasteiger partial charge in [0.1, 0.15) is 23.4 Å². The second kappa shape index (κ2) is 13.5. The molecule has 5 aliphatic rings. The molecule has 0 aliphatic heterocycles. The number of methoxy groups -OCH3 is 2. The predicted molar refractivity (Wildman–Crippen MR) is 176 cm³/mol. The molecule has 5 aliphatic carbocycles. The maximum atomic E-state index is 12.8. The molecular formula is C39H52O6. The Morgan fingerprint density at radius 1 is 0.756 bits per heavy atom. The highest BCUT2D eigenvalue weighted by molar-refractivity contribution is 5.81. The number of hydrogen-bond acceptors (Lipinski definition) is 6. The van der Waals surface area contributed by atoms with Crippen molar-refractivity contribution in [2.24, 2.45) is 11.3 Å². The Hall–Kier alpha value is -2.86. The van der Waals surface area contributed by atoms with Crippen LogP contribution < -0.4 is 9.47 Å². The Kier molecular flexibility index (Phi) is 9.61. The summed E-state index contributed by atoms with van der Waals surface area (Å²) in [6.45, 7) is 7.26. The van der Waals surface area contributed by atoms with E-state index in [1.807, 2.05) is 6.07 Å². The quantitative estimate of drug-likeness (QED) is 0.246. The van der Waals surface area contributed by atoms with Crippen LogP contribution in [0.5, 0.6) is 11.5 Å². The molecule has 0 bridgehead atoms. The largest absolute Gasteiger partial charge is 0.498 e. The Bertz CT molecular complexity index is 1320. The molecule has 2 atom stereocenters. The minimum absolute atomic E-state index is 0.0647. The minimum Gasteiger partial charge on any atom is -0.498 e. The monoisotopic (exact) mass is 616 g/mol. The van der Waals surface area contributed by atoms with Crippen LogP contribution in [0.1, 0.15) is 115 Å². The molecule has 1 aromatic rings. The number of Topliss-reactive ketones (excluding diaryl/α,β-unsaturated/α-hetero) is 2. The van der Waals surface area contributed by atoms with E-state index in [0.717, 1.165) is 66.9 Å². The van der Waals surface area contributed by atoms with Crippen molar-refractivity contribution in [2.75, 3.05) is 14.2 Å². The van der Waals surface area contributed by atoms with Crippen LogP contribution in [-0.4, -0.2) is 44.1 Å². The van der Waals surface area contributed by atoms with Crippen molar-refractivity contribution in [1.29, 1.82) is 0 Å². The van der Waals surface area contributed by atoms with Crippen LogP contribution in [0.25, 0.3) is 0 Å². The molecule has 244 valence electrons. The molecule has 0 spiro atoms. The first-order valence-corrected chi connectivity index (χ1v) is 17.5. The summed E-state index contributed by atoms with van der Waals surface area (Å²) in [4.78, 5) is 25.6. The molecule has 4 fully saturated rings. The van der Waals surface area contributed by atoms with E-state index in [-0.39, 0.29) is 24.2 Å². The summed E-state index contributed by atoms with van der Waals surface area (Å²) >= 11 is 0. The van der Waals surface area contributed by atoms with Crippen molar-refractivity contribution in [3.8, 4) is 11.5 Å². The molecule has 45 heavy (non-hydrogen) atoms. The lowest BCUT2D eigenvalue weighted by molar-refractivity contribution is -0.121. The van der Waals surface area contributed by atoms with E-state index in [4.69, 9.17) is 25.5 Å². The van der Waals surface area contributed by atoms with Crippen molar-refractivity contribution >= 4 is 11.6 Å². The number of carbonyl (C=O) groups is 2. The van der Waals surface area contributed by atoms with E-state index >= 15 is 0 Å². The highest BCUT2D eigenvalue weighted by atomic mass is 16.5. The Morgan fingerprint density at radius 2 is 1.33 bits per heavy atom. The summed E-state index contributed by atoms with van der Waals surface area (Å²) in [7, 11) is 3.43. The molecule has 0 radical (unpaired) electrons. The fraction of sp³-hybridized carbons (Fsp3) is 0.641. The third-order valence-electron chi connectivity index (χ3n) is 11.9. The van der Waals surface area contributed by atoms with Gasteiger partial charge in [-0.15, -0.1) is 0 Å². The average molecular weight is 617 g/mol. The predicted octanol–water partition coefficient (Wildman–Crippen LogP) is 8.52. The van der Waals surface area contributed by atoms with Gasteiger partial charge in [-0.25, -0.2) is 0 Å². The number of carbonyl (C=O) groups excluding carboxylic acids is 2. The molecule has 4 saturated carbocycles. The van der Waals surface area contributed by atoms with Gasteiger partial charge in [0.15, 0.2) is 11.5 Å². The third kappa shape index (κ3) is 6.16. The fourth-order valence-electron chi connectivity index (χ4n) is 9.18. The number of hydrogen-bond donors (Lipinski definition) is 0. The highest BCUT2D eigenvalue weighted by Crippen LogP contribution is 2.60. The maximum Gasteiger partial charge on any atom is 0.161 e. The van der Waals surface area contributed by atoms with Gasteiger partial charge in [-0.2, -0.15) is 0 Å². The van der Waals surface area contributed by atoms with Crippen LogP contribution in [0, 0.1) is 11.3 Å². The standard InChI is InChI=1S/C39H52O6/c1-26-33(14-16-35(43-4)37(26)45-32-11-7-8-12-32)39(23-19-30(41)20-24-39)27(2)38(21-17-29(40)18-22-38)28-13-15-34(42-3)36(25-28)44-31-9-5-6-10-31/h13-16,25-26,31-32,37H,2,5-12,17-24H2,1,3-4H3. The van der Waals surface area contributed by atoms with Crippen LogP contribution in [-0.2, 0) is 24.5 Å². The lowest BCUT2D eigenvalue weighted by Gasteiger charge is -2.53. The average Bonchev–Trinajstić information content (AvgIpc) is 3.78. The first kappa shape index (κ1) is 32.1. The maximum absolute atomic E-state index is 12.8. The lowest BCUT2D eigenvalue weighted by atomic mass is 9.51. The van der Waals surface area contributed by atoms with Crippen molar-refractivity contribution in [2.45, 2.75) is 133 Å². The molecule has 2 unspecified atom stereocenters. The molecule has 0 saturated heterocycles. The van der Waals surface area contributed by atoms with E-state index in [1.165, 1.54) is 31.3 Å². The number of rotatable bonds is 10.